The number of thiocarbonyl (C=S) groups is 2. The van der Waals surface area contributed by atoms with Crippen LogP contribution in [0.15, 0.2) is 88.8 Å². The lowest BCUT2D eigenvalue weighted by Gasteiger charge is -2.04. The van der Waals surface area contributed by atoms with Gasteiger partial charge in [0.15, 0.2) is 0 Å². The van der Waals surface area contributed by atoms with Crippen LogP contribution in [0, 0.1) is 10.1 Å². The monoisotopic (exact) mass is 407 g/mol. The van der Waals surface area contributed by atoms with Gasteiger partial charge in [0.05, 0.1) is 26.6 Å². The second-order valence-corrected chi connectivity index (χ2v) is 5.45. The van der Waals surface area contributed by atoms with Gasteiger partial charge in [-0.25, -0.2) is 0 Å². The second kappa shape index (κ2) is 11.2. The lowest BCUT2D eigenvalue weighted by molar-refractivity contribution is -0.384. The van der Waals surface area contributed by atoms with Gasteiger partial charge >= 0.3 is 0 Å². The molecule has 0 bridgehead atoms. The summed E-state index contributed by atoms with van der Waals surface area (Å²) in [5.41, 5.74) is 1.38. The van der Waals surface area contributed by atoms with Crippen molar-refractivity contribution in [2.75, 3.05) is 0 Å². The Morgan fingerprint density at radius 3 is 1.68 bits per heavy atom. The van der Waals surface area contributed by atoms with Gasteiger partial charge in [0.1, 0.15) is 11.5 Å². The summed E-state index contributed by atoms with van der Waals surface area (Å²) in [4.78, 5) is 17.3. The van der Waals surface area contributed by atoms with E-state index in [1.54, 1.807) is 0 Å². The fourth-order valence-corrected chi connectivity index (χ4v) is 2.18. The molecule has 0 saturated carbocycles. The van der Waals surface area contributed by atoms with Crippen LogP contribution in [0.25, 0.3) is 0 Å². The number of non-ortho nitro benzene ring substituents is 1. The zero-order chi connectivity index (χ0) is 20.2. The van der Waals surface area contributed by atoms with Crippen LogP contribution >= 0.6 is 24.4 Å². The molecule has 138 valence electrons. The molecule has 28 heavy (non-hydrogen) atoms. The van der Waals surface area contributed by atoms with Crippen molar-refractivity contribution in [2.24, 2.45) is 9.98 Å². The molecule has 0 aliphatic carbocycles. The molecule has 8 heteroatoms. The number of nitro groups is 1. The van der Waals surface area contributed by atoms with Gasteiger partial charge in [-0.15, -0.1) is 0 Å². The topological polar surface area (TPSA) is 77.1 Å². The molecule has 0 fully saturated rings. The first-order chi connectivity index (χ1) is 13.6. The number of hydrogen-bond acceptors (Lipinski definition) is 7. The predicted molar refractivity (Wildman–Crippen MR) is 115 cm³/mol. The molecule has 0 atom stereocenters. The average molecular weight is 407 g/mol. The number of para-hydroxylation sites is 1. The van der Waals surface area contributed by atoms with Gasteiger partial charge in [-0.1, -0.05) is 18.2 Å². The smallest absolute Gasteiger partial charge is 0.269 e. The molecule has 0 unspecified atom stereocenters. The van der Waals surface area contributed by atoms with Crippen LogP contribution < -0.4 is 4.74 Å². The maximum absolute atomic E-state index is 10.2. The van der Waals surface area contributed by atoms with Gasteiger partial charge in [-0.2, -0.15) is 9.98 Å². The normalized spacial score (nSPS) is 9.00. The summed E-state index contributed by atoms with van der Waals surface area (Å²) in [6.45, 7) is 0. The van der Waals surface area contributed by atoms with Crippen LogP contribution in [-0.4, -0.2) is 15.2 Å². The zero-order valence-electron chi connectivity index (χ0n) is 14.4. The van der Waals surface area contributed by atoms with Crippen molar-refractivity contribution in [3.05, 3.63) is 89.0 Å². The van der Waals surface area contributed by atoms with Crippen molar-refractivity contribution in [2.45, 2.75) is 0 Å². The molecule has 0 N–H and O–H groups in total. The molecule has 3 rings (SSSR count). The van der Waals surface area contributed by atoms with E-state index in [1.165, 1.54) is 24.3 Å². The third kappa shape index (κ3) is 6.99. The van der Waals surface area contributed by atoms with Crippen molar-refractivity contribution in [3.63, 3.8) is 0 Å². The molecule has 0 aliphatic heterocycles. The highest BCUT2D eigenvalue weighted by molar-refractivity contribution is 7.78. The van der Waals surface area contributed by atoms with E-state index in [0.29, 0.717) is 5.69 Å². The molecule has 3 aromatic carbocycles. The van der Waals surface area contributed by atoms with Crippen LogP contribution in [-0.2, 0) is 0 Å². The summed E-state index contributed by atoms with van der Waals surface area (Å²) in [6, 6.07) is 22.7. The van der Waals surface area contributed by atoms with E-state index in [0.717, 1.165) is 17.2 Å². The van der Waals surface area contributed by atoms with E-state index in [9.17, 15) is 10.1 Å². The van der Waals surface area contributed by atoms with Crippen molar-refractivity contribution in [1.82, 2.24) is 0 Å². The quantitative estimate of drug-likeness (QED) is 0.208. The zero-order valence-corrected chi connectivity index (χ0v) is 16.0. The van der Waals surface area contributed by atoms with Crippen LogP contribution in [0.2, 0.25) is 0 Å². The van der Waals surface area contributed by atoms with E-state index in [-0.39, 0.29) is 5.69 Å². The Labute approximate surface area is 172 Å². The maximum Gasteiger partial charge on any atom is 0.269 e. The number of ether oxygens (including phenoxy) is 1. The summed E-state index contributed by atoms with van der Waals surface area (Å²) in [5, 5.41) is 14.7. The first kappa shape index (κ1) is 20.8. The minimum atomic E-state index is -0.467. The number of aliphatic imine (C=N–C) groups is 2. The van der Waals surface area contributed by atoms with E-state index in [4.69, 9.17) is 4.74 Å². The highest BCUT2D eigenvalue weighted by Crippen LogP contribution is 2.23. The Balaban J connectivity index is 0.000000209. The molecule has 0 aromatic heterocycles. The van der Waals surface area contributed by atoms with Crippen LogP contribution in [0.4, 0.5) is 17.1 Å². The van der Waals surface area contributed by atoms with Crippen molar-refractivity contribution >= 4 is 51.8 Å². The minimum absolute atomic E-state index is 0.0401. The van der Waals surface area contributed by atoms with Gasteiger partial charge in [0.25, 0.3) is 5.69 Å². The van der Waals surface area contributed by atoms with Crippen molar-refractivity contribution < 1.29 is 9.66 Å². The highest BCUT2D eigenvalue weighted by atomic mass is 32.1. The van der Waals surface area contributed by atoms with Gasteiger partial charge < -0.3 is 4.74 Å². The molecule has 0 spiro atoms. The Hall–Kier alpha value is -3.54. The van der Waals surface area contributed by atoms with Crippen LogP contribution in [0.5, 0.6) is 11.5 Å². The van der Waals surface area contributed by atoms with Gasteiger partial charge in [0.2, 0.25) is 0 Å². The standard InChI is InChI=1S/C13H9NOS.C7H4N2O2S/c16-10-14-11-6-8-13(9-7-11)15-12-4-2-1-3-5-12;10-9(11)7-3-1-6(2-4-7)8-5-12/h1-9H;1-4H. The number of isothiocyanates is 2. The van der Waals surface area contributed by atoms with Gasteiger partial charge in [-0.3, -0.25) is 10.1 Å². The molecule has 0 radical (unpaired) electrons. The van der Waals surface area contributed by atoms with Crippen LogP contribution in [0.3, 0.4) is 0 Å². The third-order valence-electron chi connectivity index (χ3n) is 3.23. The molecule has 0 saturated heterocycles. The van der Waals surface area contributed by atoms with Crippen molar-refractivity contribution in [3.8, 4) is 11.5 Å². The number of nitrogens with zero attached hydrogens (tertiary/aromatic N) is 3. The largest absolute Gasteiger partial charge is 0.457 e. The van der Waals surface area contributed by atoms with E-state index < -0.39 is 4.92 Å². The third-order valence-corrected chi connectivity index (χ3v) is 3.41. The SMILES string of the molecule is O=[N+]([O-])c1ccc(N=C=S)cc1.S=C=Nc1ccc(Oc2ccccc2)cc1. The highest BCUT2D eigenvalue weighted by Gasteiger charge is 2.02. The van der Waals surface area contributed by atoms with Gasteiger partial charge in [-0.05, 0) is 73.0 Å². The molecule has 0 amide bonds. The van der Waals surface area contributed by atoms with Gasteiger partial charge in [0, 0.05) is 12.1 Å². The Morgan fingerprint density at radius 1 is 0.750 bits per heavy atom. The summed E-state index contributed by atoms with van der Waals surface area (Å²) < 4.78 is 5.62. The Morgan fingerprint density at radius 2 is 1.21 bits per heavy atom. The Kier molecular flexibility index (Phi) is 8.33. The van der Waals surface area contributed by atoms with E-state index in [2.05, 4.69) is 44.7 Å². The summed E-state index contributed by atoms with van der Waals surface area (Å²) >= 11 is 8.89. The second-order valence-electron chi connectivity index (χ2n) is 5.09. The molecular formula is C20H13N3O3S2. The maximum atomic E-state index is 10.2. The number of rotatable bonds is 5. The lowest BCUT2D eigenvalue weighted by atomic mass is 10.3. The molecule has 6 nitrogen and oxygen atoms in total. The number of benzene rings is 3. The minimum Gasteiger partial charge on any atom is -0.457 e. The Bertz CT molecular complexity index is 990. The van der Waals surface area contributed by atoms with E-state index in [1.807, 2.05) is 54.6 Å². The summed E-state index contributed by atoms with van der Waals surface area (Å²) in [6.07, 6.45) is 0. The summed E-state index contributed by atoms with van der Waals surface area (Å²) in [5.74, 6) is 1.59. The molecule has 0 aliphatic rings. The fourth-order valence-electron chi connectivity index (χ4n) is 1.97. The lowest BCUT2D eigenvalue weighted by Crippen LogP contribution is -1.85. The first-order valence-electron chi connectivity index (χ1n) is 7.85. The van der Waals surface area contributed by atoms with Crippen LogP contribution in [0.1, 0.15) is 0 Å². The summed E-state index contributed by atoms with van der Waals surface area (Å²) in [7, 11) is 0. The predicted octanol–water partition coefficient (Wildman–Crippen LogP) is 6.54. The van der Waals surface area contributed by atoms with Crippen molar-refractivity contribution in [1.29, 1.82) is 0 Å². The van der Waals surface area contributed by atoms with E-state index >= 15 is 0 Å². The molecular weight excluding hydrogens is 394 g/mol. The number of hydrogen-bond donors (Lipinski definition) is 0. The molecule has 0 heterocycles. The fraction of sp³-hybridized carbons (Fsp3) is 0. The first-order valence-corrected chi connectivity index (χ1v) is 8.67. The average Bonchev–Trinajstić information content (AvgIpc) is 2.72. The number of nitro benzene ring substituents is 1. The molecule has 3 aromatic rings.